The first kappa shape index (κ1) is 15.4. The minimum Gasteiger partial charge on any atom is -0.459 e. The van der Waals surface area contributed by atoms with Gasteiger partial charge in [-0.25, -0.2) is 0 Å². The molecule has 0 aromatic heterocycles. The molecule has 0 saturated heterocycles. The third-order valence-electron chi connectivity index (χ3n) is 3.45. The molecule has 0 radical (unpaired) electrons. The van der Waals surface area contributed by atoms with Gasteiger partial charge in [-0.2, -0.15) is 0 Å². The Hall–Kier alpha value is -2.47. The molecule has 0 atom stereocenters. The predicted molar refractivity (Wildman–Crippen MR) is 87.1 cm³/mol. The molecule has 0 N–H and O–H groups in total. The summed E-state index contributed by atoms with van der Waals surface area (Å²) in [5.74, 6) is -1.87. The largest absolute Gasteiger partial charge is 0.459 e. The first-order valence-corrected chi connectivity index (χ1v) is 7.71. The second kappa shape index (κ2) is 6.34. The third-order valence-corrected chi connectivity index (χ3v) is 3.95. The first-order chi connectivity index (χ1) is 11.1. The van der Waals surface area contributed by atoms with Crippen molar-refractivity contribution in [3.8, 4) is 0 Å². The average molecular weight is 374 g/mol. The lowest BCUT2D eigenvalue weighted by atomic mass is 10.1. The highest BCUT2D eigenvalue weighted by atomic mass is 79.9. The standard InChI is InChI=1S/C17H12BrNO4/c18-12-5-3-4-11(8-12)10-23-15(20)9-19-14-7-2-1-6-13(14)16(21)17(19)22/h1-8H,9-10H2. The van der Waals surface area contributed by atoms with Crippen molar-refractivity contribution >= 4 is 39.3 Å². The lowest BCUT2D eigenvalue weighted by Crippen LogP contribution is -2.35. The SMILES string of the molecule is O=C(CN1C(=O)C(=O)c2ccccc21)OCc1cccc(Br)c1. The van der Waals surface area contributed by atoms with E-state index in [9.17, 15) is 14.4 Å². The minimum atomic E-state index is -0.703. The van der Waals surface area contributed by atoms with Crippen molar-refractivity contribution in [1.29, 1.82) is 0 Å². The summed E-state index contributed by atoms with van der Waals surface area (Å²) in [6, 6.07) is 14.0. The van der Waals surface area contributed by atoms with E-state index in [4.69, 9.17) is 4.74 Å². The van der Waals surface area contributed by atoms with E-state index in [1.807, 2.05) is 24.3 Å². The number of nitrogens with zero attached hydrogens (tertiary/aromatic N) is 1. The van der Waals surface area contributed by atoms with E-state index in [1.54, 1.807) is 24.3 Å². The Morgan fingerprint density at radius 3 is 2.65 bits per heavy atom. The van der Waals surface area contributed by atoms with Crippen LogP contribution in [0.2, 0.25) is 0 Å². The number of Topliss-reactive ketones (excluding diaryl/α,β-unsaturated/α-hetero) is 1. The van der Waals surface area contributed by atoms with Crippen molar-refractivity contribution in [2.45, 2.75) is 6.61 Å². The van der Waals surface area contributed by atoms with Crippen LogP contribution < -0.4 is 4.90 Å². The van der Waals surface area contributed by atoms with Crippen LogP contribution in [0.3, 0.4) is 0 Å². The number of para-hydroxylation sites is 1. The van der Waals surface area contributed by atoms with Crippen LogP contribution in [-0.2, 0) is 20.9 Å². The molecule has 3 rings (SSSR count). The Labute approximate surface area is 141 Å². The second-order valence-corrected chi connectivity index (χ2v) is 5.94. The Morgan fingerprint density at radius 1 is 1.09 bits per heavy atom. The zero-order valence-electron chi connectivity index (χ0n) is 12.0. The lowest BCUT2D eigenvalue weighted by molar-refractivity contribution is -0.143. The summed E-state index contributed by atoms with van der Waals surface area (Å²) in [6.45, 7) is -0.175. The van der Waals surface area contributed by atoms with Gasteiger partial charge in [-0.15, -0.1) is 0 Å². The maximum atomic E-state index is 12.0. The van der Waals surface area contributed by atoms with E-state index < -0.39 is 17.7 Å². The molecule has 0 bridgehead atoms. The fraction of sp³-hybridized carbons (Fsp3) is 0.118. The van der Waals surface area contributed by atoms with Gasteiger partial charge in [0.1, 0.15) is 13.2 Å². The highest BCUT2D eigenvalue weighted by Crippen LogP contribution is 2.28. The van der Waals surface area contributed by atoms with Gasteiger partial charge >= 0.3 is 5.97 Å². The summed E-state index contributed by atoms with van der Waals surface area (Å²) in [6.07, 6.45) is 0. The average Bonchev–Trinajstić information content (AvgIpc) is 2.79. The molecule has 0 saturated carbocycles. The van der Waals surface area contributed by atoms with Gasteiger partial charge in [-0.3, -0.25) is 19.3 Å². The molecule has 0 spiro atoms. The van der Waals surface area contributed by atoms with Gasteiger partial charge in [-0.1, -0.05) is 40.2 Å². The number of ketones is 1. The first-order valence-electron chi connectivity index (χ1n) is 6.91. The summed E-state index contributed by atoms with van der Waals surface area (Å²) in [4.78, 5) is 37.0. The zero-order chi connectivity index (χ0) is 16.4. The number of hydrogen-bond donors (Lipinski definition) is 0. The van der Waals surface area contributed by atoms with E-state index in [0.717, 1.165) is 14.9 Å². The number of esters is 1. The quantitative estimate of drug-likeness (QED) is 0.610. The lowest BCUT2D eigenvalue weighted by Gasteiger charge is -2.15. The van der Waals surface area contributed by atoms with E-state index in [-0.39, 0.29) is 13.2 Å². The highest BCUT2D eigenvalue weighted by Gasteiger charge is 2.36. The molecule has 23 heavy (non-hydrogen) atoms. The molecule has 0 unspecified atom stereocenters. The Kier molecular flexibility index (Phi) is 4.25. The smallest absolute Gasteiger partial charge is 0.326 e. The fourth-order valence-electron chi connectivity index (χ4n) is 2.37. The van der Waals surface area contributed by atoms with Crippen molar-refractivity contribution in [1.82, 2.24) is 0 Å². The van der Waals surface area contributed by atoms with Crippen LogP contribution in [0.1, 0.15) is 15.9 Å². The maximum Gasteiger partial charge on any atom is 0.326 e. The van der Waals surface area contributed by atoms with Gasteiger partial charge in [0.25, 0.3) is 11.7 Å². The molecular weight excluding hydrogens is 362 g/mol. The van der Waals surface area contributed by atoms with E-state index in [2.05, 4.69) is 15.9 Å². The summed E-state index contributed by atoms with van der Waals surface area (Å²) in [7, 11) is 0. The Balaban J connectivity index is 1.66. The van der Waals surface area contributed by atoms with Gasteiger partial charge in [0, 0.05) is 4.47 Å². The van der Waals surface area contributed by atoms with Crippen molar-refractivity contribution in [3.63, 3.8) is 0 Å². The number of rotatable bonds is 4. The molecular formula is C17H12BrNO4. The van der Waals surface area contributed by atoms with Gasteiger partial charge in [-0.05, 0) is 29.8 Å². The predicted octanol–water partition coefficient (Wildman–Crippen LogP) is 2.72. The van der Waals surface area contributed by atoms with Gasteiger partial charge in [0.15, 0.2) is 0 Å². The third kappa shape index (κ3) is 3.17. The normalized spacial score (nSPS) is 13.2. The number of hydrogen-bond acceptors (Lipinski definition) is 4. The minimum absolute atomic E-state index is 0.107. The molecule has 116 valence electrons. The van der Waals surface area contributed by atoms with Crippen molar-refractivity contribution in [3.05, 3.63) is 64.1 Å². The fourth-order valence-corrected chi connectivity index (χ4v) is 2.82. The van der Waals surface area contributed by atoms with Crippen LogP contribution in [0.5, 0.6) is 0 Å². The monoisotopic (exact) mass is 373 g/mol. The van der Waals surface area contributed by atoms with Crippen LogP contribution in [-0.4, -0.2) is 24.2 Å². The summed E-state index contributed by atoms with van der Waals surface area (Å²) in [5.41, 5.74) is 1.59. The molecule has 5 nitrogen and oxygen atoms in total. The Morgan fingerprint density at radius 2 is 1.87 bits per heavy atom. The van der Waals surface area contributed by atoms with Crippen molar-refractivity contribution < 1.29 is 19.1 Å². The van der Waals surface area contributed by atoms with Crippen LogP contribution in [0.15, 0.2) is 53.0 Å². The number of ether oxygens (including phenoxy) is 1. The molecule has 6 heteroatoms. The summed E-state index contributed by atoms with van der Waals surface area (Å²) >= 11 is 3.34. The topological polar surface area (TPSA) is 63.7 Å². The molecule has 2 aromatic carbocycles. The van der Waals surface area contributed by atoms with Gasteiger partial charge in [0.2, 0.25) is 0 Å². The number of fused-ring (bicyclic) bond motifs is 1. The molecule has 1 amide bonds. The van der Waals surface area contributed by atoms with Crippen molar-refractivity contribution in [2.24, 2.45) is 0 Å². The maximum absolute atomic E-state index is 12.0. The number of benzene rings is 2. The zero-order valence-corrected chi connectivity index (χ0v) is 13.6. The molecule has 2 aromatic rings. The summed E-state index contributed by atoms with van der Waals surface area (Å²) < 4.78 is 6.07. The molecule has 0 aliphatic carbocycles. The van der Waals surface area contributed by atoms with E-state index in [0.29, 0.717) is 11.3 Å². The van der Waals surface area contributed by atoms with Crippen LogP contribution >= 0.6 is 15.9 Å². The van der Waals surface area contributed by atoms with Gasteiger partial charge in [0.05, 0.1) is 11.3 Å². The van der Waals surface area contributed by atoms with Gasteiger partial charge < -0.3 is 4.74 Å². The number of amides is 1. The van der Waals surface area contributed by atoms with E-state index >= 15 is 0 Å². The van der Waals surface area contributed by atoms with Crippen LogP contribution in [0.25, 0.3) is 0 Å². The van der Waals surface area contributed by atoms with Crippen LogP contribution in [0.4, 0.5) is 5.69 Å². The number of carbonyl (C=O) groups is 3. The molecule has 1 heterocycles. The molecule has 1 aliphatic rings. The summed E-state index contributed by atoms with van der Waals surface area (Å²) in [5, 5.41) is 0. The van der Waals surface area contributed by atoms with Crippen LogP contribution in [0, 0.1) is 0 Å². The Bertz CT molecular complexity index is 803. The van der Waals surface area contributed by atoms with Crippen molar-refractivity contribution in [2.75, 3.05) is 11.4 Å². The van der Waals surface area contributed by atoms with E-state index in [1.165, 1.54) is 0 Å². The highest BCUT2D eigenvalue weighted by molar-refractivity contribution is 9.10. The number of carbonyl (C=O) groups excluding carboxylic acids is 3. The second-order valence-electron chi connectivity index (χ2n) is 5.03. The number of halogens is 1. The number of anilines is 1. The molecule has 0 fully saturated rings. The molecule has 1 aliphatic heterocycles.